The first-order valence-corrected chi connectivity index (χ1v) is 12.0. The van der Waals surface area contributed by atoms with Crippen molar-refractivity contribution in [3.8, 4) is 5.75 Å². The molecule has 0 aliphatic carbocycles. The highest BCUT2D eigenvalue weighted by atomic mass is 35.5. The van der Waals surface area contributed by atoms with Gasteiger partial charge in [0.1, 0.15) is 12.1 Å². The number of aromatic nitrogens is 6. The van der Waals surface area contributed by atoms with Gasteiger partial charge in [-0.3, -0.25) is 9.36 Å². The van der Waals surface area contributed by atoms with Crippen LogP contribution in [0.25, 0.3) is 11.0 Å². The second-order valence-electron chi connectivity index (χ2n) is 8.33. The molecule has 0 saturated heterocycles. The van der Waals surface area contributed by atoms with Crippen molar-refractivity contribution in [3.05, 3.63) is 94.9 Å². The van der Waals surface area contributed by atoms with E-state index in [2.05, 4.69) is 56.7 Å². The van der Waals surface area contributed by atoms with Crippen LogP contribution < -0.4 is 10.1 Å². The maximum atomic E-state index is 14.7. The average Bonchev–Trinajstić information content (AvgIpc) is 3.56. The summed E-state index contributed by atoms with van der Waals surface area (Å²) in [5.74, 6) is 0.183. The van der Waals surface area contributed by atoms with Gasteiger partial charge in [-0.1, -0.05) is 42.8 Å². The van der Waals surface area contributed by atoms with Crippen LogP contribution in [-0.4, -0.2) is 36.6 Å². The van der Waals surface area contributed by atoms with E-state index in [1.165, 1.54) is 25.1 Å². The molecular formula is C26H25ClFN7O. The van der Waals surface area contributed by atoms with Gasteiger partial charge in [-0.2, -0.15) is 10.2 Å². The van der Waals surface area contributed by atoms with E-state index in [0.29, 0.717) is 28.6 Å². The van der Waals surface area contributed by atoms with Gasteiger partial charge in [0.2, 0.25) is 0 Å². The molecule has 0 aliphatic rings. The van der Waals surface area contributed by atoms with Gasteiger partial charge in [-0.05, 0) is 35.7 Å². The molecule has 0 spiro atoms. The molecule has 10 heteroatoms. The number of fused-ring (bicyclic) bond motifs is 1. The number of rotatable bonds is 9. The molecule has 5 aromatic rings. The van der Waals surface area contributed by atoms with Gasteiger partial charge in [-0.15, -0.1) is 0 Å². The summed E-state index contributed by atoms with van der Waals surface area (Å²) in [6.07, 6.45) is 8.05. The Morgan fingerprint density at radius 1 is 1.14 bits per heavy atom. The third-order valence-electron chi connectivity index (χ3n) is 6.11. The Morgan fingerprint density at radius 2 is 1.97 bits per heavy atom. The van der Waals surface area contributed by atoms with Gasteiger partial charge in [-0.25, -0.2) is 14.4 Å². The third-order valence-corrected chi connectivity index (χ3v) is 6.46. The number of anilines is 1. The number of hydrogen-bond acceptors (Lipinski definition) is 6. The monoisotopic (exact) mass is 505 g/mol. The van der Waals surface area contributed by atoms with E-state index >= 15 is 0 Å². The summed E-state index contributed by atoms with van der Waals surface area (Å²) in [5.41, 5.74) is 3.16. The van der Waals surface area contributed by atoms with Gasteiger partial charge in [0.05, 0.1) is 25.1 Å². The first-order chi connectivity index (χ1) is 17.6. The first-order valence-electron chi connectivity index (χ1n) is 11.6. The van der Waals surface area contributed by atoms with E-state index in [0.717, 1.165) is 17.4 Å². The van der Waals surface area contributed by atoms with Gasteiger partial charge in [0.15, 0.2) is 17.2 Å². The molecular weight excluding hydrogens is 481 g/mol. The third kappa shape index (κ3) is 4.74. The molecule has 2 aromatic carbocycles. The van der Waals surface area contributed by atoms with Crippen LogP contribution in [-0.2, 0) is 13.1 Å². The summed E-state index contributed by atoms with van der Waals surface area (Å²) in [6.45, 7) is 2.86. The lowest BCUT2D eigenvalue weighted by Crippen LogP contribution is -2.10. The molecule has 3 aromatic heterocycles. The quantitative estimate of drug-likeness (QED) is 0.285. The molecule has 3 heterocycles. The van der Waals surface area contributed by atoms with Crippen molar-refractivity contribution >= 4 is 28.5 Å². The van der Waals surface area contributed by atoms with E-state index in [4.69, 9.17) is 16.3 Å². The van der Waals surface area contributed by atoms with Crippen LogP contribution in [0.5, 0.6) is 5.75 Å². The van der Waals surface area contributed by atoms with Crippen LogP contribution in [0.2, 0.25) is 5.02 Å². The van der Waals surface area contributed by atoms with Crippen molar-refractivity contribution in [1.82, 2.24) is 29.5 Å². The maximum absolute atomic E-state index is 14.7. The maximum Gasteiger partial charge on any atom is 0.186 e. The molecule has 0 aliphatic heterocycles. The molecule has 36 heavy (non-hydrogen) atoms. The van der Waals surface area contributed by atoms with Crippen molar-refractivity contribution in [2.45, 2.75) is 32.5 Å². The van der Waals surface area contributed by atoms with Crippen molar-refractivity contribution < 1.29 is 9.13 Å². The molecule has 0 amide bonds. The van der Waals surface area contributed by atoms with E-state index < -0.39 is 5.82 Å². The lowest BCUT2D eigenvalue weighted by atomic mass is 10.0. The minimum absolute atomic E-state index is 0.134. The minimum Gasteiger partial charge on any atom is -0.494 e. The van der Waals surface area contributed by atoms with Crippen LogP contribution in [0.3, 0.4) is 0 Å². The highest BCUT2D eigenvalue weighted by molar-refractivity contribution is 6.31. The average molecular weight is 506 g/mol. The molecule has 1 N–H and O–H groups in total. The van der Waals surface area contributed by atoms with E-state index in [9.17, 15) is 4.39 Å². The lowest BCUT2D eigenvalue weighted by Gasteiger charge is -2.16. The molecule has 0 saturated carbocycles. The standard InChI is InChI=1S/C26H25ClFN7O/c1-3-22(35-12-4-11-32-35)18-7-5-17(6-8-18)14-34-15-20-25(30-16-31-26(20)33-34)29-13-19-21(27)9-10-23(36-2)24(19)28/h4-12,15-16,22H,3,13-14H2,1-2H3,(H,29,30,31,33). The fraction of sp³-hybridized carbons (Fsp3) is 0.231. The summed E-state index contributed by atoms with van der Waals surface area (Å²) in [7, 11) is 1.42. The molecule has 1 unspecified atom stereocenters. The lowest BCUT2D eigenvalue weighted by molar-refractivity contribution is 0.384. The Morgan fingerprint density at radius 3 is 2.69 bits per heavy atom. The zero-order chi connectivity index (χ0) is 25.1. The smallest absolute Gasteiger partial charge is 0.186 e. The predicted molar refractivity (Wildman–Crippen MR) is 137 cm³/mol. The van der Waals surface area contributed by atoms with Crippen LogP contribution in [0.4, 0.5) is 10.2 Å². The van der Waals surface area contributed by atoms with Crippen molar-refractivity contribution in [2.75, 3.05) is 12.4 Å². The van der Waals surface area contributed by atoms with Gasteiger partial charge < -0.3 is 10.1 Å². The number of nitrogens with one attached hydrogen (secondary N) is 1. The molecule has 184 valence electrons. The van der Waals surface area contributed by atoms with Crippen molar-refractivity contribution in [3.63, 3.8) is 0 Å². The minimum atomic E-state index is -0.500. The first kappa shape index (κ1) is 23.7. The fourth-order valence-corrected chi connectivity index (χ4v) is 4.46. The second-order valence-corrected chi connectivity index (χ2v) is 8.74. The molecule has 0 fully saturated rings. The van der Waals surface area contributed by atoms with Crippen molar-refractivity contribution in [2.24, 2.45) is 0 Å². The Labute approximate surface area is 212 Å². The highest BCUT2D eigenvalue weighted by Crippen LogP contribution is 2.28. The Bertz CT molecular complexity index is 1470. The molecule has 8 nitrogen and oxygen atoms in total. The topological polar surface area (TPSA) is 82.7 Å². The SMILES string of the molecule is CCC(c1ccc(Cn2cc3c(NCc4c(Cl)ccc(OC)c4F)ncnc3n2)cc1)n1cccn1. The Balaban J connectivity index is 1.33. The molecule has 0 radical (unpaired) electrons. The van der Waals surface area contributed by atoms with E-state index in [1.807, 2.05) is 27.8 Å². The van der Waals surface area contributed by atoms with E-state index in [-0.39, 0.29) is 18.3 Å². The zero-order valence-corrected chi connectivity index (χ0v) is 20.7. The summed E-state index contributed by atoms with van der Waals surface area (Å²) < 4.78 is 23.5. The summed E-state index contributed by atoms with van der Waals surface area (Å²) in [6, 6.07) is 13.7. The van der Waals surface area contributed by atoms with Crippen LogP contribution >= 0.6 is 11.6 Å². The Hall–Kier alpha value is -3.98. The highest BCUT2D eigenvalue weighted by Gasteiger charge is 2.15. The van der Waals surface area contributed by atoms with Gasteiger partial charge in [0, 0.05) is 35.7 Å². The zero-order valence-electron chi connectivity index (χ0n) is 19.9. The molecule has 5 rings (SSSR count). The van der Waals surface area contributed by atoms with Crippen LogP contribution in [0.1, 0.15) is 36.1 Å². The largest absolute Gasteiger partial charge is 0.494 e. The van der Waals surface area contributed by atoms with Crippen LogP contribution in [0, 0.1) is 5.82 Å². The summed E-state index contributed by atoms with van der Waals surface area (Å²) in [5, 5.41) is 13.2. The normalized spacial score (nSPS) is 12.1. The van der Waals surface area contributed by atoms with Crippen molar-refractivity contribution in [1.29, 1.82) is 0 Å². The Kier molecular flexibility index (Phi) is 6.81. The summed E-state index contributed by atoms with van der Waals surface area (Å²) in [4.78, 5) is 8.61. The number of benzene rings is 2. The number of halogens is 2. The molecule has 0 bridgehead atoms. The second kappa shape index (κ2) is 10.3. The molecule has 1 atom stereocenters. The fourth-order valence-electron chi connectivity index (χ4n) is 4.25. The van der Waals surface area contributed by atoms with E-state index in [1.54, 1.807) is 12.3 Å². The van der Waals surface area contributed by atoms with Gasteiger partial charge >= 0.3 is 0 Å². The van der Waals surface area contributed by atoms with Gasteiger partial charge in [0.25, 0.3) is 0 Å². The summed E-state index contributed by atoms with van der Waals surface area (Å²) >= 11 is 6.22. The predicted octanol–water partition coefficient (Wildman–Crippen LogP) is 5.48. The number of nitrogens with zero attached hydrogens (tertiary/aromatic N) is 6. The van der Waals surface area contributed by atoms with Crippen LogP contribution in [0.15, 0.2) is 67.4 Å². The number of hydrogen-bond donors (Lipinski definition) is 1. The number of ether oxygens (including phenoxy) is 1. The number of methoxy groups -OCH3 is 1.